The molecule has 3 aromatic rings. The molecule has 0 bridgehead atoms. The van der Waals surface area contributed by atoms with E-state index < -0.39 is 24.0 Å². The van der Waals surface area contributed by atoms with E-state index in [4.69, 9.17) is 22.8 Å². The van der Waals surface area contributed by atoms with Gasteiger partial charge < -0.3 is 10.1 Å². The fraction of sp³-hybridized carbons (Fsp3) is 0.250. The molecule has 2 heterocycles. The molecule has 0 spiro atoms. The molecule has 2 aromatic carbocycles. The van der Waals surface area contributed by atoms with Crippen LogP contribution >= 0.6 is 11.6 Å². The van der Waals surface area contributed by atoms with Crippen LogP contribution in [0.1, 0.15) is 21.6 Å². The molecule has 1 aromatic heterocycles. The molecule has 0 atom stereocenters. The second-order valence-electron chi connectivity index (χ2n) is 7.78. The summed E-state index contributed by atoms with van der Waals surface area (Å²) in [7, 11) is 1.51. The first-order valence-electron chi connectivity index (χ1n) is 10.2. The van der Waals surface area contributed by atoms with Crippen molar-refractivity contribution in [2.24, 2.45) is 10.2 Å². The lowest BCUT2D eigenvalue weighted by Gasteiger charge is -2.17. The number of nitrogens with zero attached hydrogens (tertiary/aromatic N) is 3. The van der Waals surface area contributed by atoms with Crippen LogP contribution in [0, 0.1) is 19.3 Å². The normalized spacial score (nSPS) is 14.0. The Bertz CT molecular complexity index is 1370. The molecule has 10 heteroatoms. The van der Waals surface area contributed by atoms with Gasteiger partial charge in [0.25, 0.3) is 11.6 Å². The van der Waals surface area contributed by atoms with E-state index in [1.165, 1.54) is 17.6 Å². The monoisotopic (exact) mass is 484 g/mol. The predicted molar refractivity (Wildman–Crippen MR) is 122 cm³/mol. The number of carbonyl (C=O) groups excluding carboxylic acids is 2. The standard InChI is InChI=1S/C24H19ClF2N4O3/c1-4-23(26,27)24(29-30-24)13-28-21(32)12-19-14(2)31(20-11-17(34-3)9-10-18(19)20)22(33)15-5-7-16(25)8-6-15/h1,5-11H,12-13H2,2-3H3,(H,28,32). The summed E-state index contributed by atoms with van der Waals surface area (Å²) >= 11 is 5.94. The summed E-state index contributed by atoms with van der Waals surface area (Å²) in [6.45, 7) is 1.18. The summed E-state index contributed by atoms with van der Waals surface area (Å²) in [5, 5.41) is 10.3. The highest BCUT2D eigenvalue weighted by Gasteiger charge is 2.61. The molecular weight excluding hydrogens is 466 g/mol. The molecule has 1 aliphatic rings. The Balaban J connectivity index is 1.66. The van der Waals surface area contributed by atoms with Gasteiger partial charge in [0.2, 0.25) is 5.91 Å². The maximum atomic E-state index is 13.9. The Morgan fingerprint density at radius 1 is 1.24 bits per heavy atom. The third-order valence-corrected chi connectivity index (χ3v) is 5.98. The average molecular weight is 485 g/mol. The third kappa shape index (κ3) is 4.01. The highest BCUT2D eigenvalue weighted by atomic mass is 35.5. The number of benzene rings is 2. The van der Waals surface area contributed by atoms with E-state index in [0.29, 0.717) is 38.5 Å². The van der Waals surface area contributed by atoms with Crippen LogP contribution in [0.15, 0.2) is 52.7 Å². The van der Waals surface area contributed by atoms with Gasteiger partial charge in [-0.25, -0.2) is 0 Å². The minimum Gasteiger partial charge on any atom is -0.497 e. The highest BCUT2D eigenvalue weighted by Crippen LogP contribution is 2.42. The second-order valence-corrected chi connectivity index (χ2v) is 8.22. The molecule has 0 radical (unpaired) electrons. The molecule has 1 N–H and O–H groups in total. The lowest BCUT2D eigenvalue weighted by molar-refractivity contribution is -0.120. The van der Waals surface area contributed by atoms with Crippen molar-refractivity contribution in [3.8, 4) is 18.1 Å². The van der Waals surface area contributed by atoms with E-state index in [2.05, 4.69) is 15.5 Å². The van der Waals surface area contributed by atoms with Crippen LogP contribution in [0.25, 0.3) is 10.9 Å². The summed E-state index contributed by atoms with van der Waals surface area (Å²) in [4.78, 5) is 26.0. The van der Waals surface area contributed by atoms with Crippen LogP contribution in [0.3, 0.4) is 0 Å². The van der Waals surface area contributed by atoms with E-state index in [9.17, 15) is 18.4 Å². The fourth-order valence-corrected chi connectivity index (χ4v) is 3.85. The van der Waals surface area contributed by atoms with Gasteiger partial charge >= 0.3 is 5.92 Å². The summed E-state index contributed by atoms with van der Waals surface area (Å²) in [5.41, 5.74) is -0.0817. The van der Waals surface area contributed by atoms with Gasteiger partial charge in [0.05, 0.1) is 25.6 Å². The van der Waals surface area contributed by atoms with E-state index in [1.54, 1.807) is 49.4 Å². The number of terminal acetylenes is 1. The van der Waals surface area contributed by atoms with Crippen molar-refractivity contribution in [2.45, 2.75) is 24.9 Å². The minimum absolute atomic E-state index is 0.159. The molecule has 0 fully saturated rings. The van der Waals surface area contributed by atoms with Gasteiger partial charge in [-0.15, -0.1) is 16.7 Å². The van der Waals surface area contributed by atoms with Gasteiger partial charge in [-0.2, -0.15) is 8.78 Å². The van der Waals surface area contributed by atoms with Crippen molar-refractivity contribution >= 4 is 34.3 Å². The Kier molecular flexibility index (Phi) is 5.87. The smallest absolute Gasteiger partial charge is 0.357 e. The van der Waals surface area contributed by atoms with E-state index in [-0.39, 0.29) is 12.3 Å². The number of rotatable bonds is 7. The zero-order valence-corrected chi connectivity index (χ0v) is 19.0. The number of halogens is 3. The lowest BCUT2D eigenvalue weighted by Crippen LogP contribution is -2.46. The molecule has 0 saturated heterocycles. The second kappa shape index (κ2) is 8.54. The molecule has 1 amide bonds. The van der Waals surface area contributed by atoms with Crippen molar-refractivity contribution < 1.29 is 23.1 Å². The molecule has 7 nitrogen and oxygen atoms in total. The van der Waals surface area contributed by atoms with Gasteiger partial charge in [-0.3, -0.25) is 14.2 Å². The molecule has 34 heavy (non-hydrogen) atoms. The number of aromatic nitrogens is 1. The number of carbonyl (C=O) groups is 2. The van der Waals surface area contributed by atoms with Crippen LogP contribution in [0.2, 0.25) is 5.02 Å². The number of alkyl halides is 2. The van der Waals surface area contributed by atoms with Gasteiger partial charge in [-0.1, -0.05) is 11.6 Å². The number of nitrogens with one attached hydrogen (secondary N) is 1. The van der Waals surface area contributed by atoms with Crippen LogP contribution in [0.5, 0.6) is 5.75 Å². The first-order valence-corrected chi connectivity index (χ1v) is 10.5. The summed E-state index contributed by atoms with van der Waals surface area (Å²) < 4.78 is 34.5. The summed E-state index contributed by atoms with van der Waals surface area (Å²) in [6.07, 6.45) is 4.71. The predicted octanol–water partition coefficient (Wildman–Crippen LogP) is 4.39. The number of fused-ring (bicyclic) bond motifs is 1. The zero-order valence-electron chi connectivity index (χ0n) is 18.2. The van der Waals surface area contributed by atoms with Crippen LogP contribution in [-0.4, -0.2) is 41.6 Å². The number of amides is 1. The zero-order chi connectivity index (χ0) is 24.7. The minimum atomic E-state index is -3.60. The van der Waals surface area contributed by atoms with Gasteiger partial charge in [0.1, 0.15) is 5.75 Å². The molecule has 0 aliphatic carbocycles. The Hall–Kier alpha value is -3.77. The molecule has 4 rings (SSSR count). The van der Waals surface area contributed by atoms with Crippen LogP contribution in [-0.2, 0) is 11.2 Å². The molecular formula is C24H19ClF2N4O3. The first-order chi connectivity index (χ1) is 16.1. The first kappa shape index (κ1) is 23.4. The summed E-state index contributed by atoms with van der Waals surface area (Å²) in [5.74, 6) is -2.57. The Morgan fingerprint density at radius 2 is 1.91 bits per heavy atom. The van der Waals surface area contributed by atoms with E-state index in [0.717, 1.165) is 0 Å². The topological polar surface area (TPSA) is 85.0 Å². The average Bonchev–Trinajstić information content (AvgIpc) is 3.59. The highest BCUT2D eigenvalue weighted by molar-refractivity contribution is 6.30. The number of methoxy groups -OCH3 is 1. The number of hydrogen-bond acceptors (Lipinski definition) is 5. The van der Waals surface area contributed by atoms with Crippen LogP contribution in [0.4, 0.5) is 8.78 Å². The van der Waals surface area contributed by atoms with Crippen LogP contribution < -0.4 is 10.1 Å². The molecule has 0 saturated carbocycles. The Morgan fingerprint density at radius 3 is 2.50 bits per heavy atom. The van der Waals surface area contributed by atoms with Crippen molar-refractivity contribution in [2.75, 3.05) is 13.7 Å². The van der Waals surface area contributed by atoms with Gasteiger partial charge in [0.15, 0.2) is 0 Å². The lowest BCUT2D eigenvalue weighted by atomic mass is 10.1. The van der Waals surface area contributed by atoms with E-state index in [1.807, 2.05) is 0 Å². The SMILES string of the molecule is C#CC(F)(F)C1(CNC(=O)Cc2c(C)n(C(=O)c3ccc(Cl)cc3)c3cc(OC)ccc23)N=N1. The van der Waals surface area contributed by atoms with Gasteiger partial charge in [0, 0.05) is 27.7 Å². The maximum absolute atomic E-state index is 13.9. The van der Waals surface area contributed by atoms with Crippen molar-refractivity contribution in [1.29, 1.82) is 0 Å². The largest absolute Gasteiger partial charge is 0.497 e. The molecule has 1 aliphatic heterocycles. The van der Waals surface area contributed by atoms with Crippen molar-refractivity contribution in [3.63, 3.8) is 0 Å². The number of ether oxygens (including phenoxy) is 1. The van der Waals surface area contributed by atoms with Gasteiger partial charge in [-0.05, 0) is 54.8 Å². The fourth-order valence-electron chi connectivity index (χ4n) is 3.72. The van der Waals surface area contributed by atoms with Crippen molar-refractivity contribution in [3.05, 3.63) is 64.3 Å². The Labute approximate surface area is 198 Å². The maximum Gasteiger partial charge on any atom is 0.357 e. The van der Waals surface area contributed by atoms with E-state index >= 15 is 0 Å². The quantitative estimate of drug-likeness (QED) is 0.505. The van der Waals surface area contributed by atoms with Crippen molar-refractivity contribution in [1.82, 2.24) is 9.88 Å². The third-order valence-electron chi connectivity index (χ3n) is 5.73. The molecule has 174 valence electrons. The molecule has 0 unspecified atom stereocenters. The number of hydrogen-bond donors (Lipinski definition) is 1. The summed E-state index contributed by atoms with van der Waals surface area (Å²) in [6, 6.07) is 11.6.